The molecule has 0 spiro atoms. The molecule has 0 aromatic carbocycles. The fourth-order valence-electron chi connectivity index (χ4n) is 2.74. The Kier molecular flexibility index (Phi) is 2.66. The number of aryl methyl sites for hydroxylation is 1. The highest BCUT2D eigenvalue weighted by molar-refractivity contribution is 5.35. The first-order chi connectivity index (χ1) is 7.39. The van der Waals surface area contributed by atoms with E-state index in [1.54, 1.807) is 6.07 Å². The van der Waals surface area contributed by atoms with Gasteiger partial charge < -0.3 is 10.8 Å². The molecule has 1 atom stereocenters. The maximum absolute atomic E-state index is 10.3. The minimum atomic E-state index is -0.388. The molecule has 2 rings (SSSR count). The van der Waals surface area contributed by atoms with Gasteiger partial charge in [0.15, 0.2) is 0 Å². The Bertz CT molecular complexity index is 393. The number of aliphatic hydroxyl groups is 1. The summed E-state index contributed by atoms with van der Waals surface area (Å²) in [7, 11) is 0. The average molecular weight is 220 g/mol. The lowest BCUT2D eigenvalue weighted by molar-refractivity contribution is -0.0151. The summed E-state index contributed by atoms with van der Waals surface area (Å²) in [4.78, 5) is 4.19. The molecular formula is C13H20N2O. The number of nitrogens with zero attached hydrogens (tertiary/aromatic N) is 1. The molecular weight excluding hydrogens is 200 g/mol. The van der Waals surface area contributed by atoms with Crippen LogP contribution in [-0.2, 0) is 0 Å². The minimum absolute atomic E-state index is 0.374. The summed E-state index contributed by atoms with van der Waals surface area (Å²) in [6.45, 7) is 6.38. The van der Waals surface area contributed by atoms with E-state index in [1.165, 1.54) is 0 Å². The van der Waals surface area contributed by atoms with Crippen molar-refractivity contribution < 1.29 is 5.11 Å². The molecule has 1 fully saturated rings. The number of pyridine rings is 1. The van der Waals surface area contributed by atoms with E-state index in [1.807, 2.05) is 13.0 Å². The molecule has 1 heterocycles. The maximum Gasteiger partial charge on any atom is 0.123 e. The molecule has 16 heavy (non-hydrogen) atoms. The number of anilines is 1. The van der Waals surface area contributed by atoms with Crippen molar-refractivity contribution in [1.82, 2.24) is 4.98 Å². The SMILES string of the molecule is Cc1nc(N)ccc1[C@@H](O)C1CC(C)(C)C1. The van der Waals surface area contributed by atoms with E-state index in [2.05, 4.69) is 18.8 Å². The Morgan fingerprint density at radius 1 is 1.44 bits per heavy atom. The fourth-order valence-corrected chi connectivity index (χ4v) is 2.74. The van der Waals surface area contributed by atoms with Crippen LogP contribution in [0.5, 0.6) is 0 Å². The van der Waals surface area contributed by atoms with Crippen LogP contribution >= 0.6 is 0 Å². The molecule has 1 saturated carbocycles. The molecule has 3 nitrogen and oxygen atoms in total. The number of hydrogen-bond acceptors (Lipinski definition) is 3. The van der Waals surface area contributed by atoms with Crippen molar-refractivity contribution in [3.63, 3.8) is 0 Å². The smallest absolute Gasteiger partial charge is 0.123 e. The zero-order valence-corrected chi connectivity index (χ0v) is 10.2. The molecule has 1 aromatic rings. The van der Waals surface area contributed by atoms with E-state index >= 15 is 0 Å². The van der Waals surface area contributed by atoms with Gasteiger partial charge in [-0.15, -0.1) is 0 Å². The van der Waals surface area contributed by atoms with Gasteiger partial charge in [-0.1, -0.05) is 19.9 Å². The summed E-state index contributed by atoms with van der Waals surface area (Å²) in [5.41, 5.74) is 7.76. The summed E-state index contributed by atoms with van der Waals surface area (Å²) < 4.78 is 0. The third kappa shape index (κ3) is 2.05. The highest BCUT2D eigenvalue weighted by Gasteiger charge is 2.40. The number of rotatable bonds is 2. The maximum atomic E-state index is 10.3. The lowest BCUT2D eigenvalue weighted by Crippen LogP contribution is -2.35. The van der Waals surface area contributed by atoms with Crippen LogP contribution in [0.25, 0.3) is 0 Å². The van der Waals surface area contributed by atoms with E-state index in [4.69, 9.17) is 5.73 Å². The first-order valence-corrected chi connectivity index (χ1v) is 5.80. The Balaban J connectivity index is 2.13. The second-order valence-corrected chi connectivity index (χ2v) is 5.69. The second kappa shape index (κ2) is 3.74. The van der Waals surface area contributed by atoms with Crippen LogP contribution in [0.1, 0.15) is 44.1 Å². The molecule has 3 heteroatoms. The first kappa shape index (κ1) is 11.4. The van der Waals surface area contributed by atoms with Crippen LogP contribution in [0, 0.1) is 18.3 Å². The van der Waals surface area contributed by atoms with Gasteiger partial charge in [-0.2, -0.15) is 0 Å². The van der Waals surface area contributed by atoms with Crippen molar-refractivity contribution in [2.24, 2.45) is 11.3 Å². The lowest BCUT2D eigenvalue weighted by Gasteiger charge is -2.45. The third-order valence-corrected chi connectivity index (χ3v) is 3.54. The predicted molar refractivity (Wildman–Crippen MR) is 64.9 cm³/mol. The average Bonchev–Trinajstić information content (AvgIpc) is 2.13. The number of aliphatic hydroxyl groups excluding tert-OH is 1. The monoisotopic (exact) mass is 220 g/mol. The van der Waals surface area contributed by atoms with Gasteiger partial charge in [0.05, 0.1) is 6.10 Å². The molecule has 1 aromatic heterocycles. The molecule has 0 aliphatic heterocycles. The summed E-state index contributed by atoms with van der Waals surface area (Å²) in [5, 5.41) is 10.3. The van der Waals surface area contributed by atoms with Crippen molar-refractivity contribution in [1.29, 1.82) is 0 Å². The molecule has 1 aliphatic rings. The van der Waals surface area contributed by atoms with E-state index in [0.717, 1.165) is 24.1 Å². The Labute approximate surface area is 96.7 Å². The summed E-state index contributed by atoms with van der Waals surface area (Å²) in [5.74, 6) is 0.890. The molecule has 0 saturated heterocycles. The van der Waals surface area contributed by atoms with Crippen LogP contribution in [0.4, 0.5) is 5.82 Å². The predicted octanol–water partition coefficient (Wildman–Crippen LogP) is 2.44. The molecule has 0 radical (unpaired) electrons. The number of nitrogen functional groups attached to an aromatic ring is 1. The summed E-state index contributed by atoms with van der Waals surface area (Å²) >= 11 is 0. The Hall–Kier alpha value is -1.09. The highest BCUT2D eigenvalue weighted by atomic mass is 16.3. The van der Waals surface area contributed by atoms with Crippen LogP contribution < -0.4 is 5.73 Å². The molecule has 88 valence electrons. The van der Waals surface area contributed by atoms with Crippen molar-refractivity contribution >= 4 is 5.82 Å². The van der Waals surface area contributed by atoms with Crippen molar-refractivity contribution in [2.45, 2.75) is 39.7 Å². The van der Waals surface area contributed by atoms with Gasteiger partial charge in [0.1, 0.15) is 5.82 Å². The van der Waals surface area contributed by atoms with Gasteiger partial charge in [-0.05, 0) is 37.2 Å². The molecule has 0 bridgehead atoms. The minimum Gasteiger partial charge on any atom is -0.388 e. The van der Waals surface area contributed by atoms with Crippen molar-refractivity contribution in [2.75, 3.05) is 5.73 Å². The largest absolute Gasteiger partial charge is 0.388 e. The number of hydrogen-bond donors (Lipinski definition) is 2. The summed E-state index contributed by atoms with van der Waals surface area (Å²) in [6.07, 6.45) is 1.77. The lowest BCUT2D eigenvalue weighted by atomic mass is 9.62. The van der Waals surface area contributed by atoms with Crippen molar-refractivity contribution in [3.8, 4) is 0 Å². The van der Waals surface area contributed by atoms with Crippen LogP contribution in [0.2, 0.25) is 0 Å². The highest BCUT2D eigenvalue weighted by Crippen LogP contribution is 2.50. The summed E-state index contributed by atoms with van der Waals surface area (Å²) in [6, 6.07) is 3.66. The Morgan fingerprint density at radius 2 is 2.06 bits per heavy atom. The fraction of sp³-hybridized carbons (Fsp3) is 0.615. The van der Waals surface area contributed by atoms with E-state index < -0.39 is 0 Å². The van der Waals surface area contributed by atoms with E-state index in [0.29, 0.717) is 17.2 Å². The van der Waals surface area contributed by atoms with Gasteiger partial charge in [0, 0.05) is 11.3 Å². The van der Waals surface area contributed by atoms with Crippen LogP contribution in [-0.4, -0.2) is 10.1 Å². The van der Waals surface area contributed by atoms with Crippen LogP contribution in [0.3, 0.4) is 0 Å². The van der Waals surface area contributed by atoms with Gasteiger partial charge in [-0.25, -0.2) is 4.98 Å². The zero-order valence-electron chi connectivity index (χ0n) is 10.2. The van der Waals surface area contributed by atoms with Gasteiger partial charge in [0.25, 0.3) is 0 Å². The standard InChI is InChI=1S/C13H20N2O/c1-8-10(4-5-11(14)15-8)12(16)9-6-13(2,3)7-9/h4-5,9,12,16H,6-7H2,1-3H3,(H2,14,15)/t12-/m0/s1. The van der Waals surface area contributed by atoms with Crippen molar-refractivity contribution in [3.05, 3.63) is 23.4 Å². The van der Waals surface area contributed by atoms with E-state index in [9.17, 15) is 5.11 Å². The van der Waals surface area contributed by atoms with Crippen LogP contribution in [0.15, 0.2) is 12.1 Å². The number of nitrogens with two attached hydrogens (primary N) is 1. The molecule has 0 amide bonds. The van der Waals surface area contributed by atoms with Gasteiger partial charge >= 0.3 is 0 Å². The zero-order chi connectivity index (χ0) is 11.9. The molecule has 0 unspecified atom stereocenters. The second-order valence-electron chi connectivity index (χ2n) is 5.69. The topological polar surface area (TPSA) is 59.1 Å². The molecule has 3 N–H and O–H groups in total. The first-order valence-electron chi connectivity index (χ1n) is 5.80. The van der Waals surface area contributed by atoms with Gasteiger partial charge in [-0.3, -0.25) is 0 Å². The van der Waals surface area contributed by atoms with E-state index in [-0.39, 0.29) is 6.10 Å². The quantitative estimate of drug-likeness (QED) is 0.804. The van der Waals surface area contributed by atoms with Gasteiger partial charge in [0.2, 0.25) is 0 Å². The number of aromatic nitrogens is 1. The third-order valence-electron chi connectivity index (χ3n) is 3.54. The Morgan fingerprint density at radius 3 is 2.56 bits per heavy atom. The molecule has 1 aliphatic carbocycles. The normalized spacial score (nSPS) is 21.5.